The number of ether oxygens (including phenoxy) is 1. The third-order valence-corrected chi connectivity index (χ3v) is 12.5. The fourth-order valence-corrected chi connectivity index (χ4v) is 8.91. The first-order valence-corrected chi connectivity index (χ1v) is 21.4. The van der Waals surface area contributed by atoms with Crippen LogP contribution in [0.2, 0.25) is 0 Å². The first kappa shape index (κ1) is 42.4. The molecule has 0 radical (unpaired) electrons. The lowest BCUT2D eigenvalue weighted by Gasteiger charge is -2.31. The zero-order chi connectivity index (χ0) is 45.5. The summed E-state index contributed by atoms with van der Waals surface area (Å²) in [6.45, 7) is 5.37. The molecule has 3 aromatic carbocycles. The molecule has 18 heteroatoms. The number of imide groups is 2. The largest absolute Gasteiger partial charge is 0.484 e. The molecule has 9 rings (SSSR count). The summed E-state index contributed by atoms with van der Waals surface area (Å²) >= 11 is 0. The maximum atomic E-state index is 13.8. The molecule has 6 heterocycles. The molecule has 1 unspecified atom stereocenters. The number of amides is 6. The molecule has 3 N–H and O–H groups in total. The number of aryl methyl sites for hydroxylation is 3. The van der Waals surface area contributed by atoms with Gasteiger partial charge in [-0.1, -0.05) is 30.3 Å². The Labute approximate surface area is 373 Å². The predicted octanol–water partition coefficient (Wildman–Crippen LogP) is 4.52. The number of likely N-dealkylation sites (tertiary alicyclic amines) is 1. The minimum atomic E-state index is -1.09. The van der Waals surface area contributed by atoms with Gasteiger partial charge in [-0.3, -0.25) is 39.0 Å². The van der Waals surface area contributed by atoms with Crippen molar-refractivity contribution in [2.24, 2.45) is 13.0 Å². The van der Waals surface area contributed by atoms with Crippen molar-refractivity contribution in [3.05, 3.63) is 106 Å². The van der Waals surface area contributed by atoms with Crippen LogP contribution in [0.15, 0.2) is 72.4 Å². The van der Waals surface area contributed by atoms with Crippen LogP contribution in [-0.2, 0) is 39.2 Å². The number of rotatable bonds is 10. The quantitative estimate of drug-likeness (QED) is 0.0999. The van der Waals surface area contributed by atoms with E-state index in [0.717, 1.165) is 43.9 Å². The number of fused-ring (bicyclic) bond motifs is 3. The second kappa shape index (κ2) is 17.3. The van der Waals surface area contributed by atoms with Crippen molar-refractivity contribution in [3.8, 4) is 11.8 Å². The molecule has 0 bridgehead atoms. The fourth-order valence-electron chi connectivity index (χ4n) is 8.91. The number of allylic oxidation sites excluding steroid dienone is 1. The highest BCUT2D eigenvalue weighted by atomic mass is 16.5. The molecule has 4 aliphatic heterocycles. The molecule has 2 fully saturated rings. The Bertz CT molecular complexity index is 2890. The average Bonchev–Trinajstić information content (AvgIpc) is 3.75. The van der Waals surface area contributed by atoms with Crippen LogP contribution in [0, 0.1) is 31.1 Å². The highest BCUT2D eigenvalue weighted by molar-refractivity contribution is 6.23. The van der Waals surface area contributed by atoms with Crippen LogP contribution in [0.4, 0.5) is 23.1 Å². The number of para-hydroxylation sites is 1. The number of carbonyl (C=O) groups is 6. The molecule has 65 heavy (non-hydrogen) atoms. The van der Waals surface area contributed by atoms with Gasteiger partial charge in [0.1, 0.15) is 23.4 Å². The second-order valence-corrected chi connectivity index (χ2v) is 16.7. The van der Waals surface area contributed by atoms with Crippen molar-refractivity contribution in [3.63, 3.8) is 0 Å². The second-order valence-electron chi connectivity index (χ2n) is 16.7. The Morgan fingerprint density at radius 2 is 1.68 bits per heavy atom. The van der Waals surface area contributed by atoms with Gasteiger partial charge in [0, 0.05) is 57.2 Å². The summed E-state index contributed by atoms with van der Waals surface area (Å²) < 4.78 is 7.45. The maximum Gasteiger partial charge on any atom is 0.264 e. The number of anilines is 4. The van der Waals surface area contributed by atoms with Gasteiger partial charge in [-0.2, -0.15) is 15.3 Å². The van der Waals surface area contributed by atoms with Gasteiger partial charge in [0.25, 0.3) is 23.6 Å². The molecule has 330 valence electrons. The molecule has 0 aliphatic carbocycles. The van der Waals surface area contributed by atoms with E-state index >= 15 is 0 Å². The number of nitriles is 1. The lowest BCUT2D eigenvalue weighted by molar-refractivity contribution is -0.136. The van der Waals surface area contributed by atoms with Gasteiger partial charge in [-0.05, 0) is 98.0 Å². The summed E-state index contributed by atoms with van der Waals surface area (Å²) in [5.74, 6) is -1.90. The van der Waals surface area contributed by atoms with E-state index in [-0.39, 0.29) is 59.6 Å². The average molecular weight is 876 g/mol. The highest BCUT2D eigenvalue weighted by Crippen LogP contribution is 2.32. The van der Waals surface area contributed by atoms with Crippen molar-refractivity contribution in [1.82, 2.24) is 39.8 Å². The Hall–Kier alpha value is -7.94. The molecule has 18 nitrogen and oxygen atoms in total. The number of hydrogen-bond acceptors (Lipinski definition) is 13. The summed E-state index contributed by atoms with van der Waals surface area (Å²) in [5.41, 5.74) is 6.92. The third kappa shape index (κ3) is 8.35. The van der Waals surface area contributed by atoms with Gasteiger partial charge in [-0.15, -0.1) is 0 Å². The lowest BCUT2D eigenvalue weighted by Crippen LogP contribution is -2.54. The van der Waals surface area contributed by atoms with Crippen LogP contribution in [0.5, 0.6) is 5.75 Å². The van der Waals surface area contributed by atoms with E-state index in [0.29, 0.717) is 62.9 Å². The van der Waals surface area contributed by atoms with E-state index < -0.39 is 29.7 Å². The Morgan fingerprint density at radius 1 is 0.908 bits per heavy atom. The normalized spacial score (nSPS) is 17.7. The smallest absolute Gasteiger partial charge is 0.264 e. The summed E-state index contributed by atoms with van der Waals surface area (Å²) in [5, 5.41) is 24.5. The van der Waals surface area contributed by atoms with Crippen LogP contribution in [0.1, 0.15) is 68.7 Å². The molecule has 1 atom stereocenters. The van der Waals surface area contributed by atoms with E-state index in [9.17, 15) is 34.0 Å². The zero-order valence-corrected chi connectivity index (χ0v) is 36.0. The zero-order valence-electron chi connectivity index (χ0n) is 36.0. The predicted molar refractivity (Wildman–Crippen MR) is 236 cm³/mol. The van der Waals surface area contributed by atoms with E-state index in [1.54, 1.807) is 26.8 Å². The number of hydrogen-bond donors (Lipinski definition) is 3. The Balaban J connectivity index is 0.778. The molecule has 2 aromatic heterocycles. The van der Waals surface area contributed by atoms with Gasteiger partial charge in [0.05, 0.1) is 16.5 Å². The standard InChI is InChI=1S/C47H45N11O7/c1-26-5-4-6-27(2)40(26)52-41-36-23-49-47(53-42(36)55(3)54-41)50-32-8-7-29-15-18-57(24-31(29)20-32)44(62)30(22-48)19-28-13-16-56(17-14-28)39(60)25-65-33-9-10-34-35(21-33)46(64)58(45(34)63)37-11-12-38(59)51-43(37)61/h4-10,19-21,23,28,37H,11-18,24-25H2,1-3H3,(H,52,54)(H,49,50,53)(H,51,59,61)/b30-19+. The molecule has 5 aromatic rings. The van der Waals surface area contributed by atoms with Crippen LogP contribution < -0.4 is 20.7 Å². The molecular weight excluding hydrogens is 831 g/mol. The fraction of sp³-hybridized carbons (Fsp3) is 0.319. The van der Waals surface area contributed by atoms with Gasteiger partial charge < -0.3 is 25.2 Å². The first-order valence-electron chi connectivity index (χ1n) is 21.4. The number of nitrogens with zero attached hydrogens (tertiary/aromatic N) is 8. The molecule has 0 saturated carbocycles. The molecule has 4 aliphatic rings. The van der Waals surface area contributed by atoms with E-state index in [2.05, 4.69) is 32.1 Å². The van der Waals surface area contributed by atoms with Gasteiger partial charge in [-0.25, -0.2) is 9.67 Å². The molecule has 6 amide bonds. The Kier molecular flexibility index (Phi) is 11.3. The van der Waals surface area contributed by atoms with Gasteiger partial charge in [0.2, 0.25) is 17.8 Å². The van der Waals surface area contributed by atoms with E-state index in [1.807, 2.05) is 57.3 Å². The minimum Gasteiger partial charge on any atom is -0.484 e. The molecule has 2 saturated heterocycles. The number of carbonyl (C=O) groups excluding carboxylic acids is 6. The summed E-state index contributed by atoms with van der Waals surface area (Å²) in [6, 6.07) is 17.4. The van der Waals surface area contributed by atoms with Crippen LogP contribution in [0.3, 0.4) is 0 Å². The van der Waals surface area contributed by atoms with Crippen molar-refractivity contribution < 1.29 is 33.5 Å². The van der Waals surface area contributed by atoms with Crippen molar-refractivity contribution in [2.75, 3.05) is 36.9 Å². The summed E-state index contributed by atoms with van der Waals surface area (Å²) in [7, 11) is 1.84. The van der Waals surface area contributed by atoms with Gasteiger partial charge in [0.15, 0.2) is 18.1 Å². The molecular formula is C47H45N11O7. The Morgan fingerprint density at radius 3 is 2.43 bits per heavy atom. The van der Waals surface area contributed by atoms with Crippen molar-refractivity contribution in [2.45, 2.75) is 58.5 Å². The monoisotopic (exact) mass is 875 g/mol. The highest BCUT2D eigenvalue weighted by Gasteiger charge is 2.45. The lowest BCUT2D eigenvalue weighted by atomic mass is 9.93. The third-order valence-electron chi connectivity index (χ3n) is 12.5. The van der Waals surface area contributed by atoms with Crippen LogP contribution >= 0.6 is 0 Å². The SMILES string of the molecule is Cc1cccc(C)c1Nc1nn(C)c2nc(Nc3ccc4c(c3)CN(C(=O)/C(C#N)=C/C3CCN(C(=O)COc5ccc6c(c5)C(=O)N(C5CCC(=O)NC5=O)C6=O)CC3)CC4)ncc12. The molecule has 0 spiro atoms. The first-order chi connectivity index (χ1) is 31.3. The van der Waals surface area contributed by atoms with Crippen molar-refractivity contribution in [1.29, 1.82) is 5.26 Å². The number of piperidine rings is 2. The maximum absolute atomic E-state index is 13.8. The van der Waals surface area contributed by atoms with E-state index in [1.165, 1.54) is 18.2 Å². The van der Waals surface area contributed by atoms with E-state index in [4.69, 9.17) is 9.72 Å². The van der Waals surface area contributed by atoms with Crippen LogP contribution in [-0.4, -0.2) is 102 Å². The topological polar surface area (TPSA) is 225 Å². The number of aromatic nitrogens is 4. The summed E-state index contributed by atoms with van der Waals surface area (Å²) in [4.78, 5) is 90.7. The van der Waals surface area contributed by atoms with Gasteiger partial charge >= 0.3 is 0 Å². The number of benzene rings is 3. The van der Waals surface area contributed by atoms with Crippen molar-refractivity contribution >= 4 is 69.6 Å². The number of nitrogens with one attached hydrogen (secondary N) is 3. The van der Waals surface area contributed by atoms with Crippen LogP contribution in [0.25, 0.3) is 11.0 Å². The minimum absolute atomic E-state index is 0.0132. The summed E-state index contributed by atoms with van der Waals surface area (Å²) in [6.07, 6.45) is 5.25.